The van der Waals surface area contributed by atoms with Gasteiger partial charge in [0.2, 0.25) is 0 Å². The molecule has 0 amide bonds. The number of benzene rings is 1. The Balaban J connectivity index is 2.12. The second kappa shape index (κ2) is 4.84. The molecule has 0 radical (unpaired) electrons. The van der Waals surface area contributed by atoms with Crippen molar-refractivity contribution in [2.75, 3.05) is 5.43 Å². The van der Waals surface area contributed by atoms with E-state index in [1.54, 1.807) is 7.05 Å². The SMILES string of the molecule is Cn1nnnc1NN=C(Br)c1ccccc1. The minimum Gasteiger partial charge on any atom is -0.243 e. The van der Waals surface area contributed by atoms with Gasteiger partial charge in [-0.3, -0.25) is 0 Å². The summed E-state index contributed by atoms with van der Waals surface area (Å²) in [6.07, 6.45) is 0. The molecule has 1 heterocycles. The number of hydrogen-bond donors (Lipinski definition) is 1. The summed E-state index contributed by atoms with van der Waals surface area (Å²) in [4.78, 5) is 0. The predicted octanol–water partition coefficient (Wildman–Crippen LogP) is 1.38. The molecule has 7 heteroatoms. The minimum atomic E-state index is 0.480. The number of hydrazone groups is 1. The van der Waals surface area contributed by atoms with Gasteiger partial charge in [0, 0.05) is 12.6 Å². The van der Waals surface area contributed by atoms with Gasteiger partial charge in [-0.2, -0.15) is 5.10 Å². The molecule has 0 saturated heterocycles. The third kappa shape index (κ3) is 2.43. The first-order chi connectivity index (χ1) is 7.77. The zero-order valence-electron chi connectivity index (χ0n) is 8.50. The predicted molar refractivity (Wildman–Crippen MR) is 64.3 cm³/mol. The van der Waals surface area contributed by atoms with E-state index in [0.29, 0.717) is 10.6 Å². The second-order valence-electron chi connectivity index (χ2n) is 3.01. The van der Waals surface area contributed by atoms with Crippen LogP contribution in [0.25, 0.3) is 0 Å². The highest BCUT2D eigenvalue weighted by molar-refractivity contribution is 9.18. The van der Waals surface area contributed by atoms with Gasteiger partial charge in [0.15, 0.2) is 0 Å². The van der Waals surface area contributed by atoms with E-state index in [1.165, 1.54) is 4.68 Å². The second-order valence-corrected chi connectivity index (χ2v) is 3.76. The van der Waals surface area contributed by atoms with Crippen LogP contribution >= 0.6 is 15.9 Å². The van der Waals surface area contributed by atoms with Gasteiger partial charge in [-0.1, -0.05) is 35.4 Å². The topological polar surface area (TPSA) is 68.0 Å². The Morgan fingerprint density at radius 1 is 1.38 bits per heavy atom. The van der Waals surface area contributed by atoms with Crippen molar-refractivity contribution in [3.05, 3.63) is 35.9 Å². The van der Waals surface area contributed by atoms with E-state index in [4.69, 9.17) is 0 Å². The number of aromatic nitrogens is 4. The van der Waals surface area contributed by atoms with Crippen molar-refractivity contribution in [1.29, 1.82) is 0 Å². The molecular formula is C9H9BrN6. The molecule has 1 aromatic carbocycles. The average molecular weight is 281 g/mol. The van der Waals surface area contributed by atoms with Crippen LogP contribution in [-0.2, 0) is 7.05 Å². The van der Waals surface area contributed by atoms with Crippen molar-refractivity contribution in [2.24, 2.45) is 12.1 Å². The lowest BCUT2D eigenvalue weighted by molar-refractivity contribution is 0.713. The molecule has 0 atom stereocenters. The Kier molecular flexibility index (Phi) is 3.25. The van der Waals surface area contributed by atoms with Crippen molar-refractivity contribution in [3.63, 3.8) is 0 Å². The zero-order chi connectivity index (χ0) is 11.4. The number of aryl methyl sites for hydroxylation is 1. The van der Waals surface area contributed by atoms with E-state index < -0.39 is 0 Å². The molecule has 1 N–H and O–H groups in total. The highest BCUT2D eigenvalue weighted by Gasteiger charge is 2.01. The van der Waals surface area contributed by atoms with Gasteiger partial charge in [-0.15, -0.1) is 0 Å². The number of tetrazole rings is 1. The van der Waals surface area contributed by atoms with Crippen molar-refractivity contribution in [1.82, 2.24) is 20.2 Å². The fraction of sp³-hybridized carbons (Fsp3) is 0.111. The highest BCUT2D eigenvalue weighted by atomic mass is 79.9. The first-order valence-electron chi connectivity index (χ1n) is 4.54. The molecule has 2 aromatic rings. The number of anilines is 1. The van der Waals surface area contributed by atoms with Crippen molar-refractivity contribution >= 4 is 26.5 Å². The average Bonchev–Trinajstić information content (AvgIpc) is 2.73. The number of hydrogen-bond acceptors (Lipinski definition) is 5. The molecule has 6 nitrogen and oxygen atoms in total. The maximum Gasteiger partial charge on any atom is 0.263 e. The summed E-state index contributed by atoms with van der Waals surface area (Å²) in [5, 5.41) is 15.0. The van der Waals surface area contributed by atoms with Crippen LogP contribution < -0.4 is 5.43 Å². The lowest BCUT2D eigenvalue weighted by atomic mass is 10.2. The van der Waals surface area contributed by atoms with Crippen LogP contribution in [0.5, 0.6) is 0 Å². The van der Waals surface area contributed by atoms with E-state index in [1.807, 2.05) is 30.3 Å². The molecule has 0 saturated carbocycles. The van der Waals surface area contributed by atoms with Gasteiger partial charge in [0.25, 0.3) is 5.95 Å². The highest BCUT2D eigenvalue weighted by Crippen LogP contribution is 2.07. The van der Waals surface area contributed by atoms with Crippen LogP contribution in [0, 0.1) is 0 Å². The Labute approximate surface area is 100 Å². The van der Waals surface area contributed by atoms with Crippen molar-refractivity contribution in [3.8, 4) is 0 Å². The van der Waals surface area contributed by atoms with Gasteiger partial charge < -0.3 is 0 Å². The summed E-state index contributed by atoms with van der Waals surface area (Å²) >= 11 is 3.37. The summed E-state index contributed by atoms with van der Waals surface area (Å²) in [6, 6.07) is 9.73. The first kappa shape index (κ1) is 10.7. The lowest BCUT2D eigenvalue weighted by Crippen LogP contribution is -2.02. The maximum absolute atomic E-state index is 4.12. The fourth-order valence-electron chi connectivity index (χ4n) is 1.06. The third-order valence-electron chi connectivity index (χ3n) is 1.89. The Morgan fingerprint density at radius 3 is 2.75 bits per heavy atom. The van der Waals surface area contributed by atoms with E-state index in [-0.39, 0.29) is 0 Å². The molecule has 1 aromatic heterocycles. The standard InChI is InChI=1S/C9H9BrN6/c1-16-9(13-14-15-16)12-11-8(10)7-5-3-2-4-6-7/h2-6H,1H3,(H,12,13,15). The van der Waals surface area contributed by atoms with Crippen molar-refractivity contribution in [2.45, 2.75) is 0 Å². The van der Waals surface area contributed by atoms with Gasteiger partial charge in [0.1, 0.15) is 4.62 Å². The Bertz CT molecular complexity index is 492. The van der Waals surface area contributed by atoms with Crippen LogP contribution in [-0.4, -0.2) is 24.8 Å². The molecule has 0 aliphatic carbocycles. The summed E-state index contributed by atoms with van der Waals surface area (Å²) in [5.41, 5.74) is 3.74. The van der Waals surface area contributed by atoms with Gasteiger partial charge >= 0.3 is 0 Å². The molecule has 0 spiro atoms. The lowest BCUT2D eigenvalue weighted by Gasteiger charge is -1.99. The van der Waals surface area contributed by atoms with E-state index in [0.717, 1.165) is 5.56 Å². The number of rotatable bonds is 3. The van der Waals surface area contributed by atoms with Crippen LogP contribution in [0.4, 0.5) is 5.95 Å². The summed E-state index contributed by atoms with van der Waals surface area (Å²) < 4.78 is 2.19. The minimum absolute atomic E-state index is 0.480. The summed E-state index contributed by atoms with van der Waals surface area (Å²) in [7, 11) is 1.73. The van der Waals surface area contributed by atoms with Crippen molar-refractivity contribution < 1.29 is 0 Å². The third-order valence-corrected chi connectivity index (χ3v) is 2.52. The quantitative estimate of drug-likeness (QED) is 0.681. The molecular weight excluding hydrogens is 272 g/mol. The molecule has 0 aliphatic heterocycles. The van der Waals surface area contributed by atoms with Crippen LogP contribution in [0.2, 0.25) is 0 Å². The van der Waals surface area contributed by atoms with Gasteiger partial charge in [-0.25, -0.2) is 10.1 Å². The summed E-state index contributed by atoms with van der Waals surface area (Å²) in [6.45, 7) is 0. The monoisotopic (exact) mass is 280 g/mol. The van der Waals surface area contributed by atoms with E-state index in [9.17, 15) is 0 Å². The molecule has 16 heavy (non-hydrogen) atoms. The van der Waals surface area contributed by atoms with Crippen LogP contribution in [0.3, 0.4) is 0 Å². The van der Waals surface area contributed by atoms with Crippen LogP contribution in [0.15, 0.2) is 35.4 Å². The molecule has 0 aliphatic rings. The molecule has 82 valence electrons. The van der Waals surface area contributed by atoms with Gasteiger partial charge in [-0.05, 0) is 26.4 Å². The number of halogens is 1. The summed E-state index contributed by atoms with van der Waals surface area (Å²) in [5.74, 6) is 0.480. The molecule has 2 rings (SSSR count). The van der Waals surface area contributed by atoms with Gasteiger partial charge in [0.05, 0.1) is 0 Å². The Morgan fingerprint density at radius 2 is 2.12 bits per heavy atom. The first-order valence-corrected chi connectivity index (χ1v) is 5.33. The molecule has 0 fully saturated rings. The Hall–Kier alpha value is -1.76. The zero-order valence-corrected chi connectivity index (χ0v) is 10.1. The maximum atomic E-state index is 4.12. The molecule has 0 bridgehead atoms. The fourth-order valence-corrected chi connectivity index (χ4v) is 1.42. The van der Waals surface area contributed by atoms with E-state index >= 15 is 0 Å². The largest absolute Gasteiger partial charge is 0.263 e. The van der Waals surface area contributed by atoms with Crippen LogP contribution in [0.1, 0.15) is 5.56 Å². The number of nitrogens with zero attached hydrogens (tertiary/aromatic N) is 5. The molecule has 0 unspecified atom stereocenters. The number of nitrogens with one attached hydrogen (secondary N) is 1. The smallest absolute Gasteiger partial charge is 0.243 e. The normalized spacial score (nSPS) is 11.5. The van der Waals surface area contributed by atoms with E-state index in [2.05, 4.69) is 42.0 Å².